The summed E-state index contributed by atoms with van der Waals surface area (Å²) in [5, 5.41) is 0.726. The Morgan fingerprint density at radius 1 is 1.09 bits per heavy atom. The molecule has 0 unspecified atom stereocenters. The molecule has 0 aromatic heterocycles. The van der Waals surface area contributed by atoms with Crippen LogP contribution < -0.4 is 9.47 Å². The smallest absolute Gasteiger partial charge is 0.363 e. The summed E-state index contributed by atoms with van der Waals surface area (Å²) in [7, 11) is 0. The van der Waals surface area contributed by atoms with Crippen molar-refractivity contribution in [2.24, 2.45) is 4.99 Å². The normalized spacial score (nSPS) is 14.2. The maximum absolute atomic E-state index is 13.5. The molecular formula is C25H17Cl2FINO4. The molecule has 1 heterocycles. The van der Waals surface area contributed by atoms with Crippen molar-refractivity contribution in [2.45, 2.75) is 13.5 Å². The fraction of sp³-hybridized carbons (Fsp3) is 0.120. The van der Waals surface area contributed by atoms with Gasteiger partial charge in [0.15, 0.2) is 17.2 Å². The molecule has 0 aliphatic carbocycles. The van der Waals surface area contributed by atoms with Crippen molar-refractivity contribution in [2.75, 3.05) is 6.61 Å². The highest BCUT2D eigenvalue weighted by molar-refractivity contribution is 14.1. The molecule has 0 bridgehead atoms. The highest BCUT2D eigenvalue weighted by atomic mass is 127. The number of esters is 1. The molecule has 0 saturated carbocycles. The minimum absolute atomic E-state index is 0.132. The Morgan fingerprint density at radius 3 is 2.65 bits per heavy atom. The minimum Gasteiger partial charge on any atom is -0.490 e. The zero-order valence-corrected chi connectivity index (χ0v) is 21.4. The Morgan fingerprint density at radius 2 is 1.91 bits per heavy atom. The maximum atomic E-state index is 13.5. The number of ether oxygens (including phenoxy) is 3. The van der Waals surface area contributed by atoms with Crippen LogP contribution in [0, 0.1) is 9.39 Å². The number of cyclic esters (lactones) is 1. The number of halogens is 4. The fourth-order valence-corrected chi connectivity index (χ4v) is 4.26. The number of hydrogen-bond donors (Lipinski definition) is 0. The van der Waals surface area contributed by atoms with Gasteiger partial charge in [0.05, 0.1) is 20.2 Å². The molecule has 0 saturated heterocycles. The summed E-state index contributed by atoms with van der Waals surface area (Å²) >= 11 is 14.1. The number of rotatable bonds is 7. The molecule has 0 amide bonds. The third-order valence-electron chi connectivity index (χ3n) is 4.69. The van der Waals surface area contributed by atoms with Gasteiger partial charge in [-0.1, -0.05) is 35.3 Å². The zero-order chi connectivity index (χ0) is 24.2. The van der Waals surface area contributed by atoms with Gasteiger partial charge >= 0.3 is 5.97 Å². The fourth-order valence-electron chi connectivity index (χ4n) is 3.18. The summed E-state index contributed by atoms with van der Waals surface area (Å²) in [5.41, 5.74) is 2.05. The lowest BCUT2D eigenvalue weighted by Gasteiger charge is -2.15. The van der Waals surface area contributed by atoms with Crippen molar-refractivity contribution in [1.82, 2.24) is 0 Å². The van der Waals surface area contributed by atoms with E-state index in [2.05, 4.69) is 27.6 Å². The van der Waals surface area contributed by atoms with Crippen LogP contribution in [0.25, 0.3) is 6.08 Å². The van der Waals surface area contributed by atoms with E-state index in [-0.39, 0.29) is 24.0 Å². The van der Waals surface area contributed by atoms with E-state index in [4.69, 9.17) is 37.4 Å². The lowest BCUT2D eigenvalue weighted by Crippen LogP contribution is -2.05. The monoisotopic (exact) mass is 611 g/mol. The molecule has 3 aromatic carbocycles. The van der Waals surface area contributed by atoms with Crippen LogP contribution in [0.2, 0.25) is 10.0 Å². The first-order valence-electron chi connectivity index (χ1n) is 10.2. The average molecular weight is 612 g/mol. The Kier molecular flexibility index (Phi) is 7.75. The van der Waals surface area contributed by atoms with Gasteiger partial charge in [-0.25, -0.2) is 14.2 Å². The van der Waals surface area contributed by atoms with Crippen LogP contribution in [0.3, 0.4) is 0 Å². The molecule has 0 N–H and O–H groups in total. The lowest BCUT2D eigenvalue weighted by molar-refractivity contribution is -0.129. The van der Waals surface area contributed by atoms with E-state index in [9.17, 15) is 9.18 Å². The minimum atomic E-state index is -0.583. The first-order valence-corrected chi connectivity index (χ1v) is 12.0. The molecule has 9 heteroatoms. The van der Waals surface area contributed by atoms with Crippen LogP contribution in [-0.4, -0.2) is 18.5 Å². The van der Waals surface area contributed by atoms with Crippen LogP contribution >= 0.6 is 45.8 Å². The van der Waals surface area contributed by atoms with E-state index in [1.807, 2.05) is 13.0 Å². The third-order valence-corrected chi connectivity index (χ3v) is 6.23. The van der Waals surface area contributed by atoms with E-state index in [1.54, 1.807) is 42.5 Å². The molecule has 1 aliphatic rings. The van der Waals surface area contributed by atoms with Gasteiger partial charge in [0.1, 0.15) is 12.4 Å². The number of aliphatic imine (C=N–C) groups is 1. The molecule has 0 radical (unpaired) electrons. The summed E-state index contributed by atoms with van der Waals surface area (Å²) in [4.78, 5) is 16.7. The Labute approximate surface area is 219 Å². The predicted molar refractivity (Wildman–Crippen MR) is 138 cm³/mol. The molecule has 34 heavy (non-hydrogen) atoms. The largest absolute Gasteiger partial charge is 0.490 e. The number of carbonyl (C=O) groups excluding carboxylic acids is 1. The Balaban J connectivity index is 1.61. The quantitative estimate of drug-likeness (QED) is 0.163. The molecule has 1 aliphatic heterocycles. The molecule has 3 aromatic rings. The first-order chi connectivity index (χ1) is 16.3. The van der Waals surface area contributed by atoms with Crippen molar-refractivity contribution in [3.63, 3.8) is 0 Å². The van der Waals surface area contributed by atoms with Gasteiger partial charge in [0.2, 0.25) is 5.90 Å². The molecule has 0 atom stereocenters. The molecule has 5 nitrogen and oxygen atoms in total. The van der Waals surface area contributed by atoms with E-state index < -0.39 is 5.97 Å². The second-order valence-electron chi connectivity index (χ2n) is 7.15. The van der Waals surface area contributed by atoms with Crippen LogP contribution in [-0.2, 0) is 16.1 Å². The molecule has 0 spiro atoms. The second-order valence-corrected chi connectivity index (χ2v) is 9.12. The van der Waals surface area contributed by atoms with Crippen molar-refractivity contribution < 1.29 is 23.4 Å². The van der Waals surface area contributed by atoms with Gasteiger partial charge in [0.25, 0.3) is 0 Å². The zero-order valence-electron chi connectivity index (χ0n) is 17.8. The van der Waals surface area contributed by atoms with Crippen molar-refractivity contribution in [3.05, 3.63) is 96.4 Å². The number of benzene rings is 3. The van der Waals surface area contributed by atoms with Crippen molar-refractivity contribution in [1.29, 1.82) is 0 Å². The summed E-state index contributed by atoms with van der Waals surface area (Å²) in [5.74, 6) is 0.262. The maximum Gasteiger partial charge on any atom is 0.363 e. The highest BCUT2D eigenvalue weighted by Crippen LogP contribution is 2.36. The van der Waals surface area contributed by atoms with Crippen molar-refractivity contribution in [3.8, 4) is 11.5 Å². The molecule has 4 rings (SSSR count). The van der Waals surface area contributed by atoms with E-state index in [1.165, 1.54) is 12.1 Å². The summed E-state index contributed by atoms with van der Waals surface area (Å²) in [6.45, 7) is 2.45. The van der Waals surface area contributed by atoms with Gasteiger partial charge < -0.3 is 14.2 Å². The van der Waals surface area contributed by atoms with Gasteiger partial charge in [-0.05, 0) is 89.2 Å². The van der Waals surface area contributed by atoms with Gasteiger partial charge in [0, 0.05) is 5.56 Å². The van der Waals surface area contributed by atoms with Crippen LogP contribution in [0.15, 0.2) is 65.3 Å². The van der Waals surface area contributed by atoms with Crippen LogP contribution in [0.1, 0.15) is 23.6 Å². The lowest BCUT2D eigenvalue weighted by atomic mass is 10.1. The van der Waals surface area contributed by atoms with Crippen molar-refractivity contribution >= 4 is 63.7 Å². The number of nitrogens with zero attached hydrogens (tertiary/aromatic N) is 1. The van der Waals surface area contributed by atoms with Crippen LogP contribution in [0.5, 0.6) is 11.5 Å². The summed E-state index contributed by atoms with van der Waals surface area (Å²) in [6, 6.07) is 14.7. The Bertz CT molecular complexity index is 1330. The summed E-state index contributed by atoms with van der Waals surface area (Å²) < 4.78 is 31.2. The first kappa shape index (κ1) is 24.5. The van der Waals surface area contributed by atoms with Gasteiger partial charge in [-0.3, -0.25) is 0 Å². The van der Waals surface area contributed by atoms with Crippen LogP contribution in [0.4, 0.5) is 4.39 Å². The molecule has 0 fully saturated rings. The van der Waals surface area contributed by atoms with Gasteiger partial charge in [-0.15, -0.1) is 0 Å². The van der Waals surface area contributed by atoms with E-state index in [0.717, 1.165) is 3.57 Å². The topological polar surface area (TPSA) is 57.1 Å². The average Bonchev–Trinajstić information content (AvgIpc) is 3.15. The van der Waals surface area contributed by atoms with E-state index in [0.29, 0.717) is 44.8 Å². The molecular weight excluding hydrogens is 595 g/mol. The highest BCUT2D eigenvalue weighted by Gasteiger charge is 2.25. The molecule has 174 valence electrons. The summed E-state index contributed by atoms with van der Waals surface area (Å²) in [6.07, 6.45) is 1.61. The number of carbonyl (C=O) groups is 1. The van der Waals surface area contributed by atoms with Gasteiger partial charge in [-0.2, -0.15) is 0 Å². The predicted octanol–water partition coefficient (Wildman–Crippen LogP) is 7.06. The SMILES string of the molecule is CCOc1cc(/C=C2\N=C(c3ccc(Cl)c(Cl)c3)OC2=O)cc(I)c1OCc1cccc(F)c1. The number of hydrogen-bond acceptors (Lipinski definition) is 5. The second kappa shape index (κ2) is 10.8. The standard InChI is InChI=1S/C25H17Cl2FINO4/c1-2-32-22-11-15(9-20(29)23(22)33-13-14-4-3-5-17(28)8-14)10-21-25(31)34-24(30-21)16-6-7-18(26)19(27)12-16/h3-12H,2,13H2,1H3/b21-10-. The Hall–Kier alpha value is -2.62. The van der Waals surface area contributed by atoms with E-state index >= 15 is 0 Å². The third kappa shape index (κ3) is 5.71.